The minimum absolute atomic E-state index is 1.05. The van der Waals surface area contributed by atoms with Crippen LogP contribution in [0, 0.1) is 0 Å². The Labute approximate surface area is 55.4 Å². The molecular formula is C5H11NOS. The summed E-state index contributed by atoms with van der Waals surface area (Å²) in [4.78, 5) is 0. The van der Waals surface area contributed by atoms with Crippen molar-refractivity contribution in [3.05, 3.63) is 0 Å². The molecule has 0 bridgehead atoms. The van der Waals surface area contributed by atoms with E-state index in [4.69, 9.17) is 4.28 Å². The Hall–Kier alpha value is 0.270. The molecule has 0 aliphatic carbocycles. The van der Waals surface area contributed by atoms with Gasteiger partial charge in [0.25, 0.3) is 0 Å². The van der Waals surface area contributed by atoms with Gasteiger partial charge in [-0.2, -0.15) is 5.06 Å². The van der Waals surface area contributed by atoms with Crippen molar-refractivity contribution in [2.75, 3.05) is 13.1 Å². The lowest BCUT2D eigenvalue weighted by Gasteiger charge is -2.21. The maximum absolute atomic E-state index is 4.72. The highest BCUT2D eigenvalue weighted by Crippen LogP contribution is 2.08. The van der Waals surface area contributed by atoms with Crippen LogP contribution in [0.15, 0.2) is 0 Å². The first kappa shape index (κ1) is 6.39. The molecule has 0 aromatic heterocycles. The third-order valence-electron chi connectivity index (χ3n) is 1.43. The van der Waals surface area contributed by atoms with Gasteiger partial charge in [-0.05, 0) is 25.8 Å². The molecule has 3 heteroatoms. The third-order valence-corrected chi connectivity index (χ3v) is 1.66. The molecule has 1 heterocycles. The van der Waals surface area contributed by atoms with Crippen LogP contribution >= 0.6 is 12.9 Å². The lowest BCUT2D eigenvalue weighted by Crippen LogP contribution is -2.26. The highest BCUT2D eigenvalue weighted by molar-refractivity contribution is 7.75. The lowest BCUT2D eigenvalue weighted by molar-refractivity contribution is -0.0493. The van der Waals surface area contributed by atoms with Crippen LogP contribution in [-0.2, 0) is 4.28 Å². The summed E-state index contributed by atoms with van der Waals surface area (Å²) in [5.74, 6) is 0. The fraction of sp³-hybridized carbons (Fsp3) is 1.00. The van der Waals surface area contributed by atoms with Gasteiger partial charge in [-0.25, -0.2) is 4.28 Å². The van der Waals surface area contributed by atoms with E-state index in [9.17, 15) is 0 Å². The number of rotatable bonds is 1. The number of thiol groups is 1. The monoisotopic (exact) mass is 133 g/mol. The van der Waals surface area contributed by atoms with Crippen molar-refractivity contribution in [3.63, 3.8) is 0 Å². The smallest absolute Gasteiger partial charge is 0.0252 e. The Morgan fingerprint density at radius 1 is 1.12 bits per heavy atom. The van der Waals surface area contributed by atoms with Gasteiger partial charge in [0.1, 0.15) is 0 Å². The molecule has 1 fully saturated rings. The fourth-order valence-electron chi connectivity index (χ4n) is 0.947. The topological polar surface area (TPSA) is 12.5 Å². The predicted octanol–water partition coefficient (Wildman–Crippen LogP) is 1.25. The number of nitrogens with zero attached hydrogens (tertiary/aromatic N) is 1. The summed E-state index contributed by atoms with van der Waals surface area (Å²) in [5.41, 5.74) is 0. The molecular weight excluding hydrogens is 122 g/mol. The van der Waals surface area contributed by atoms with Crippen molar-refractivity contribution in [1.82, 2.24) is 5.06 Å². The Balaban J connectivity index is 2.13. The zero-order valence-electron chi connectivity index (χ0n) is 4.84. The molecule has 1 rings (SSSR count). The molecule has 0 saturated carbocycles. The molecule has 0 unspecified atom stereocenters. The van der Waals surface area contributed by atoms with Gasteiger partial charge in [-0.15, -0.1) is 0 Å². The lowest BCUT2D eigenvalue weighted by atomic mass is 10.2. The molecule has 0 spiro atoms. The maximum Gasteiger partial charge on any atom is 0.0252 e. The van der Waals surface area contributed by atoms with Gasteiger partial charge in [-0.1, -0.05) is 6.42 Å². The zero-order chi connectivity index (χ0) is 5.82. The molecule has 48 valence electrons. The molecule has 1 aliphatic heterocycles. The van der Waals surface area contributed by atoms with E-state index in [-0.39, 0.29) is 0 Å². The number of hydroxylamine groups is 2. The largest absolute Gasteiger partial charge is 0.232 e. The van der Waals surface area contributed by atoms with Gasteiger partial charge in [0.05, 0.1) is 0 Å². The molecule has 0 radical (unpaired) electrons. The van der Waals surface area contributed by atoms with Crippen molar-refractivity contribution in [3.8, 4) is 0 Å². The standard InChI is InChI=1S/C5H11NOS/c8-7-6-4-2-1-3-5-6/h8H,1-5H2. The molecule has 0 atom stereocenters. The SMILES string of the molecule is SON1CCCCC1. The normalized spacial score (nSPS) is 23.6. The fourth-order valence-corrected chi connectivity index (χ4v) is 1.11. The first-order valence-corrected chi connectivity index (χ1v) is 3.36. The quantitative estimate of drug-likeness (QED) is 0.427. The van der Waals surface area contributed by atoms with Crippen LogP contribution in [0.5, 0.6) is 0 Å². The van der Waals surface area contributed by atoms with Gasteiger partial charge in [0, 0.05) is 13.1 Å². The van der Waals surface area contributed by atoms with E-state index in [1.807, 2.05) is 5.06 Å². The summed E-state index contributed by atoms with van der Waals surface area (Å²) in [6.07, 6.45) is 3.84. The van der Waals surface area contributed by atoms with Crippen LogP contribution in [-0.4, -0.2) is 18.2 Å². The summed E-state index contributed by atoms with van der Waals surface area (Å²) in [6, 6.07) is 0. The van der Waals surface area contributed by atoms with E-state index < -0.39 is 0 Å². The third kappa shape index (κ3) is 1.65. The van der Waals surface area contributed by atoms with Gasteiger partial charge < -0.3 is 0 Å². The van der Waals surface area contributed by atoms with Crippen LogP contribution in [0.25, 0.3) is 0 Å². The van der Waals surface area contributed by atoms with Crippen molar-refractivity contribution in [2.45, 2.75) is 19.3 Å². The number of hydrogen-bond acceptors (Lipinski definition) is 3. The van der Waals surface area contributed by atoms with E-state index in [2.05, 4.69) is 12.9 Å². The molecule has 0 aromatic rings. The highest BCUT2D eigenvalue weighted by Gasteiger charge is 2.07. The van der Waals surface area contributed by atoms with Gasteiger partial charge in [0.2, 0.25) is 0 Å². The Morgan fingerprint density at radius 3 is 2.12 bits per heavy atom. The predicted molar refractivity (Wildman–Crippen MR) is 35.5 cm³/mol. The summed E-state index contributed by atoms with van der Waals surface area (Å²) in [5, 5.41) is 1.88. The van der Waals surface area contributed by atoms with Crippen LogP contribution in [0.1, 0.15) is 19.3 Å². The number of piperidine rings is 1. The molecule has 1 aliphatic rings. The second-order valence-corrected chi connectivity index (χ2v) is 2.23. The van der Waals surface area contributed by atoms with E-state index in [1.165, 1.54) is 19.3 Å². The minimum atomic E-state index is 1.05. The molecule has 0 N–H and O–H groups in total. The minimum Gasteiger partial charge on any atom is -0.232 e. The van der Waals surface area contributed by atoms with Crippen molar-refractivity contribution >= 4 is 12.9 Å². The van der Waals surface area contributed by atoms with Crippen LogP contribution in [0.2, 0.25) is 0 Å². The summed E-state index contributed by atoms with van der Waals surface area (Å²) >= 11 is 3.69. The van der Waals surface area contributed by atoms with E-state index in [1.54, 1.807) is 0 Å². The first-order chi connectivity index (χ1) is 3.93. The van der Waals surface area contributed by atoms with Crippen LogP contribution in [0.3, 0.4) is 0 Å². The first-order valence-electron chi connectivity index (χ1n) is 3.00. The second-order valence-electron chi connectivity index (χ2n) is 2.07. The van der Waals surface area contributed by atoms with Crippen molar-refractivity contribution in [2.24, 2.45) is 0 Å². The van der Waals surface area contributed by atoms with Gasteiger partial charge in [0.15, 0.2) is 0 Å². The zero-order valence-corrected chi connectivity index (χ0v) is 5.73. The summed E-state index contributed by atoms with van der Waals surface area (Å²) in [7, 11) is 0. The van der Waals surface area contributed by atoms with E-state index in [0.717, 1.165) is 13.1 Å². The molecule has 8 heavy (non-hydrogen) atoms. The average Bonchev–Trinajstić information content (AvgIpc) is 1.90. The average molecular weight is 133 g/mol. The molecule has 2 nitrogen and oxygen atoms in total. The number of hydrogen-bond donors (Lipinski definition) is 1. The summed E-state index contributed by atoms with van der Waals surface area (Å²) in [6.45, 7) is 2.09. The Morgan fingerprint density at radius 2 is 1.75 bits per heavy atom. The highest BCUT2D eigenvalue weighted by atomic mass is 32.1. The van der Waals surface area contributed by atoms with Crippen molar-refractivity contribution < 1.29 is 4.28 Å². The Kier molecular flexibility index (Phi) is 2.66. The van der Waals surface area contributed by atoms with Crippen LogP contribution < -0.4 is 0 Å². The maximum atomic E-state index is 4.72. The second kappa shape index (κ2) is 3.33. The van der Waals surface area contributed by atoms with Crippen molar-refractivity contribution in [1.29, 1.82) is 0 Å². The van der Waals surface area contributed by atoms with Gasteiger partial charge >= 0.3 is 0 Å². The molecule has 0 amide bonds. The van der Waals surface area contributed by atoms with E-state index in [0.29, 0.717) is 0 Å². The molecule has 1 saturated heterocycles. The van der Waals surface area contributed by atoms with E-state index >= 15 is 0 Å². The van der Waals surface area contributed by atoms with Crippen LogP contribution in [0.4, 0.5) is 0 Å². The summed E-state index contributed by atoms with van der Waals surface area (Å²) < 4.78 is 4.72. The van der Waals surface area contributed by atoms with Gasteiger partial charge in [-0.3, -0.25) is 0 Å². The molecule has 0 aromatic carbocycles. The Bertz CT molecular complexity index is 63.4.